The number of amides is 1. The highest BCUT2D eigenvalue weighted by atomic mass is 32.2. The minimum absolute atomic E-state index is 0.208. The van der Waals surface area contributed by atoms with Crippen molar-refractivity contribution in [2.75, 3.05) is 13.2 Å². The van der Waals surface area contributed by atoms with Gasteiger partial charge >= 0.3 is 0 Å². The van der Waals surface area contributed by atoms with Gasteiger partial charge in [-0.1, -0.05) is 32.9 Å². The zero-order valence-corrected chi connectivity index (χ0v) is 18.0. The second-order valence-corrected chi connectivity index (χ2v) is 9.28. The monoisotopic (exact) mass is 415 g/mol. The number of ether oxygens (including phenoxy) is 1. The van der Waals surface area contributed by atoms with E-state index in [4.69, 9.17) is 4.74 Å². The largest absolute Gasteiger partial charge is 0.546 e. The van der Waals surface area contributed by atoms with Crippen molar-refractivity contribution in [2.45, 2.75) is 52.5 Å². The maximum atomic E-state index is 12.5. The Morgan fingerprint density at radius 1 is 1.38 bits per heavy atom. The van der Waals surface area contributed by atoms with Crippen LogP contribution in [0.2, 0.25) is 0 Å². The summed E-state index contributed by atoms with van der Waals surface area (Å²) in [5.41, 5.74) is 1.14. The van der Waals surface area contributed by atoms with Gasteiger partial charge in [-0.15, -0.1) is 0 Å². The number of aliphatic imine (C=N–C) groups is 1. The van der Waals surface area contributed by atoms with Gasteiger partial charge in [-0.25, -0.2) is 0 Å². The van der Waals surface area contributed by atoms with Gasteiger partial charge in [-0.2, -0.15) is 4.99 Å². The lowest BCUT2D eigenvalue weighted by atomic mass is 9.82. The lowest BCUT2D eigenvalue weighted by Gasteiger charge is -2.33. The van der Waals surface area contributed by atoms with Crippen LogP contribution in [0, 0.1) is 5.41 Å². The average molecular weight is 416 g/mol. The number of hydrogen-bond acceptors (Lipinski definition) is 6. The molecule has 2 aliphatic heterocycles. The van der Waals surface area contributed by atoms with Gasteiger partial charge in [0.15, 0.2) is 5.17 Å². The molecule has 0 aromatic heterocycles. The highest BCUT2D eigenvalue weighted by Gasteiger charge is 2.34. The molecular formula is C22H27N2O4S-. The molecule has 1 atom stereocenters. The molecule has 0 unspecified atom stereocenters. The molecule has 1 fully saturated rings. The highest BCUT2D eigenvalue weighted by Crippen LogP contribution is 2.38. The Bertz CT molecular complexity index is 830. The van der Waals surface area contributed by atoms with E-state index in [0.717, 1.165) is 36.5 Å². The molecule has 1 saturated heterocycles. The Labute approximate surface area is 176 Å². The summed E-state index contributed by atoms with van der Waals surface area (Å²) in [6.07, 6.45) is 6.23. The first kappa shape index (κ1) is 21.4. The third-order valence-corrected chi connectivity index (χ3v) is 6.36. The minimum atomic E-state index is -1.27. The van der Waals surface area contributed by atoms with E-state index in [2.05, 4.69) is 30.7 Å². The highest BCUT2D eigenvalue weighted by molar-refractivity contribution is 8.18. The molecule has 156 valence electrons. The number of nitrogens with zero attached hydrogens (tertiary/aromatic N) is 2. The Hall–Kier alpha value is -2.28. The summed E-state index contributed by atoms with van der Waals surface area (Å²) in [6.45, 7) is 7.27. The molecule has 6 nitrogen and oxygen atoms in total. The molecule has 0 aliphatic carbocycles. The van der Waals surface area contributed by atoms with Crippen molar-refractivity contribution < 1.29 is 19.4 Å². The van der Waals surface area contributed by atoms with Crippen LogP contribution >= 0.6 is 11.8 Å². The predicted molar refractivity (Wildman–Crippen MR) is 113 cm³/mol. The zero-order chi connectivity index (χ0) is 21.0. The first-order chi connectivity index (χ1) is 13.8. The Morgan fingerprint density at radius 3 is 2.76 bits per heavy atom. The summed E-state index contributed by atoms with van der Waals surface area (Å²) in [4.78, 5) is 30.2. The van der Waals surface area contributed by atoms with Crippen LogP contribution in [0.25, 0.3) is 6.08 Å². The van der Waals surface area contributed by atoms with Gasteiger partial charge in [0, 0.05) is 12.6 Å². The van der Waals surface area contributed by atoms with E-state index in [-0.39, 0.29) is 5.91 Å². The van der Waals surface area contributed by atoms with Gasteiger partial charge in [-0.05, 0) is 66.6 Å². The van der Waals surface area contributed by atoms with Crippen molar-refractivity contribution >= 4 is 34.9 Å². The number of rotatable bonds is 5. The first-order valence-corrected chi connectivity index (χ1v) is 10.8. The van der Waals surface area contributed by atoms with Gasteiger partial charge in [-0.3, -0.25) is 4.79 Å². The summed E-state index contributed by atoms with van der Waals surface area (Å²) in [5.74, 6) is -1.03. The third-order valence-electron chi connectivity index (χ3n) is 5.34. The van der Waals surface area contributed by atoms with Gasteiger partial charge in [0.05, 0.1) is 10.9 Å². The van der Waals surface area contributed by atoms with Crippen molar-refractivity contribution in [1.29, 1.82) is 0 Å². The van der Waals surface area contributed by atoms with Crippen LogP contribution in [0.1, 0.15) is 52.0 Å². The molecule has 1 aromatic carbocycles. The summed E-state index contributed by atoms with van der Waals surface area (Å²) >= 11 is 1.44. The maximum absolute atomic E-state index is 12.5. The number of carbonyl (C=O) groups excluding carboxylic acids is 2. The quantitative estimate of drug-likeness (QED) is 0.688. The smallest absolute Gasteiger partial charge is 0.286 e. The number of aliphatic carboxylic acids is 1. The summed E-state index contributed by atoms with van der Waals surface area (Å²) in [5, 5.41) is 11.3. The Kier molecular flexibility index (Phi) is 6.67. The van der Waals surface area contributed by atoms with Crippen molar-refractivity contribution in [3.63, 3.8) is 0 Å². The fraction of sp³-hybridized carbons (Fsp3) is 0.500. The van der Waals surface area contributed by atoms with Gasteiger partial charge in [0.2, 0.25) is 0 Å². The fourth-order valence-corrected chi connectivity index (χ4v) is 4.86. The fourth-order valence-electron chi connectivity index (χ4n) is 3.85. The van der Waals surface area contributed by atoms with Gasteiger partial charge in [0.25, 0.3) is 5.91 Å². The van der Waals surface area contributed by atoms with Crippen molar-refractivity contribution in [2.24, 2.45) is 10.4 Å². The van der Waals surface area contributed by atoms with Crippen molar-refractivity contribution in [3.05, 3.63) is 34.7 Å². The van der Waals surface area contributed by atoms with Crippen LogP contribution in [-0.4, -0.2) is 41.1 Å². The minimum Gasteiger partial charge on any atom is -0.546 e. The van der Waals surface area contributed by atoms with Crippen LogP contribution in [0.5, 0.6) is 5.75 Å². The molecule has 0 bridgehead atoms. The van der Waals surface area contributed by atoms with E-state index in [1.807, 2.05) is 6.08 Å². The second kappa shape index (κ2) is 9.03. The molecule has 29 heavy (non-hydrogen) atoms. The van der Waals surface area contributed by atoms with E-state index in [9.17, 15) is 14.7 Å². The van der Waals surface area contributed by atoms with Crippen LogP contribution < -0.4 is 9.84 Å². The van der Waals surface area contributed by atoms with Crippen molar-refractivity contribution in [3.8, 4) is 5.75 Å². The molecule has 0 N–H and O–H groups in total. The number of carbonyl (C=O) groups is 2. The van der Waals surface area contributed by atoms with Crippen LogP contribution in [-0.2, 0) is 9.59 Å². The van der Waals surface area contributed by atoms with E-state index in [1.54, 1.807) is 24.3 Å². The molecule has 7 heteroatoms. The summed E-state index contributed by atoms with van der Waals surface area (Å²) in [6, 6.07) is 7.31. The zero-order valence-electron chi connectivity index (χ0n) is 17.1. The first-order valence-electron chi connectivity index (χ1n) is 9.99. The second-order valence-electron chi connectivity index (χ2n) is 8.27. The molecule has 0 saturated carbocycles. The Morgan fingerprint density at radius 2 is 2.10 bits per heavy atom. The molecule has 2 aliphatic rings. The number of amidine groups is 1. The predicted octanol–water partition coefficient (Wildman–Crippen LogP) is 3.08. The third kappa shape index (κ3) is 5.63. The topological polar surface area (TPSA) is 82.0 Å². The number of likely N-dealkylation sites (tertiary alicyclic amines) is 1. The molecule has 2 heterocycles. The number of hydrogen-bond donors (Lipinski definition) is 0. The van der Waals surface area contributed by atoms with Gasteiger partial charge in [0.1, 0.15) is 12.4 Å². The molecule has 1 aromatic rings. The molecule has 1 amide bonds. The van der Waals surface area contributed by atoms with E-state index < -0.39 is 12.6 Å². The van der Waals surface area contributed by atoms with E-state index in [0.29, 0.717) is 22.1 Å². The molecular weight excluding hydrogens is 388 g/mol. The summed E-state index contributed by atoms with van der Waals surface area (Å²) < 4.78 is 5.08. The lowest BCUT2D eigenvalue weighted by molar-refractivity contribution is -0.307. The standard InChI is InChI=1S/C22H28N2O4S/c1-4-16-13-22(2,3)10-5-11-24(16)21-23-20(27)18(29-21)12-15-6-8-17(9-7-15)28-14-19(25)26/h6-9,12,16H,4-5,10-11,13-14H2,1-3H3,(H,25,26)/p-1/b18-12-/t16-/m1/s1. The van der Waals surface area contributed by atoms with E-state index in [1.165, 1.54) is 18.2 Å². The molecule has 0 radical (unpaired) electrons. The van der Waals surface area contributed by atoms with E-state index >= 15 is 0 Å². The van der Waals surface area contributed by atoms with Crippen LogP contribution in [0.15, 0.2) is 34.2 Å². The average Bonchev–Trinajstić information content (AvgIpc) is 2.94. The summed E-state index contributed by atoms with van der Waals surface area (Å²) in [7, 11) is 0. The lowest BCUT2D eigenvalue weighted by Crippen LogP contribution is -2.38. The number of carboxylic acids is 1. The molecule has 3 rings (SSSR count). The molecule has 0 spiro atoms. The number of thioether (sulfide) groups is 1. The maximum Gasteiger partial charge on any atom is 0.286 e. The van der Waals surface area contributed by atoms with Crippen molar-refractivity contribution in [1.82, 2.24) is 4.90 Å². The number of benzene rings is 1. The van der Waals surface area contributed by atoms with Crippen LogP contribution in [0.4, 0.5) is 0 Å². The van der Waals surface area contributed by atoms with Gasteiger partial charge < -0.3 is 19.5 Å². The Balaban J connectivity index is 1.70. The SMILES string of the molecule is CC[C@@H]1CC(C)(C)CCCN1C1=NC(=O)/C(=C/c2ccc(OCC(=O)[O-])cc2)S1. The normalized spacial score (nSPS) is 23.1. The number of carboxylic acid groups (broad SMARTS) is 1. The van der Waals surface area contributed by atoms with Crippen LogP contribution in [0.3, 0.4) is 0 Å².